The number of hydrogen-bond acceptors (Lipinski definition) is 3. The number of hydrogen-bond donors (Lipinski definition) is 2. The molecule has 1 aromatic rings. The van der Waals surface area contributed by atoms with Gasteiger partial charge in [0.2, 0.25) is 5.91 Å². The van der Waals surface area contributed by atoms with Gasteiger partial charge in [-0.1, -0.05) is 0 Å². The van der Waals surface area contributed by atoms with Gasteiger partial charge in [-0.3, -0.25) is 9.59 Å². The van der Waals surface area contributed by atoms with Gasteiger partial charge in [0, 0.05) is 36.3 Å². The van der Waals surface area contributed by atoms with Crippen molar-refractivity contribution in [1.29, 1.82) is 0 Å². The summed E-state index contributed by atoms with van der Waals surface area (Å²) >= 11 is 0. The fraction of sp³-hybridized carbons (Fsp3) is 0.529. The van der Waals surface area contributed by atoms with Gasteiger partial charge < -0.3 is 15.5 Å². The van der Waals surface area contributed by atoms with Crippen LogP contribution in [0.3, 0.4) is 0 Å². The first kappa shape index (κ1) is 15.0. The molecule has 2 heterocycles. The molecule has 2 amide bonds. The Morgan fingerprint density at radius 2 is 2.09 bits per heavy atom. The highest BCUT2D eigenvalue weighted by Gasteiger charge is 2.23. The monoisotopic (exact) mass is 301 g/mol. The van der Waals surface area contributed by atoms with Gasteiger partial charge in [0.1, 0.15) is 0 Å². The zero-order valence-corrected chi connectivity index (χ0v) is 13.0. The molecule has 22 heavy (non-hydrogen) atoms. The Kier molecular flexibility index (Phi) is 4.43. The van der Waals surface area contributed by atoms with Gasteiger partial charge in [0.05, 0.1) is 0 Å². The lowest BCUT2D eigenvalue weighted by Crippen LogP contribution is -2.46. The maximum Gasteiger partial charge on any atom is 0.251 e. The zero-order chi connectivity index (χ0) is 15.5. The minimum Gasteiger partial charge on any atom is -0.349 e. The molecule has 2 N–H and O–H groups in total. The number of anilines is 1. The average Bonchev–Trinajstić information content (AvgIpc) is 2.93. The molecule has 2 unspecified atom stereocenters. The van der Waals surface area contributed by atoms with Crippen molar-refractivity contribution in [1.82, 2.24) is 10.6 Å². The van der Waals surface area contributed by atoms with Gasteiger partial charge >= 0.3 is 0 Å². The summed E-state index contributed by atoms with van der Waals surface area (Å²) in [5.41, 5.74) is 1.54. The molecule has 5 nitrogen and oxygen atoms in total. The molecule has 118 valence electrons. The van der Waals surface area contributed by atoms with Crippen LogP contribution in [0.1, 0.15) is 43.0 Å². The van der Waals surface area contributed by atoms with Gasteiger partial charge in [-0.05, 0) is 57.0 Å². The zero-order valence-electron chi connectivity index (χ0n) is 13.0. The topological polar surface area (TPSA) is 61.4 Å². The fourth-order valence-corrected chi connectivity index (χ4v) is 3.25. The van der Waals surface area contributed by atoms with E-state index in [0.717, 1.165) is 38.0 Å². The van der Waals surface area contributed by atoms with Crippen molar-refractivity contribution < 1.29 is 9.59 Å². The van der Waals surface area contributed by atoms with Crippen LogP contribution in [0.25, 0.3) is 0 Å². The minimum atomic E-state index is -0.0293. The summed E-state index contributed by atoms with van der Waals surface area (Å²) < 4.78 is 0. The smallest absolute Gasteiger partial charge is 0.251 e. The van der Waals surface area contributed by atoms with Crippen molar-refractivity contribution >= 4 is 17.5 Å². The van der Waals surface area contributed by atoms with E-state index in [1.165, 1.54) is 0 Å². The standard InChI is InChI=1S/C17H23N3O2/c1-12-11-14(8-9-18-12)19-17(22)13-4-6-15(7-5-13)20-10-2-3-16(20)21/h4-7,12,14,18H,2-3,8-11H2,1H3,(H,19,22). The number of piperidine rings is 1. The van der Waals surface area contributed by atoms with E-state index in [1.54, 1.807) is 17.0 Å². The Bertz CT molecular complexity index is 556. The Morgan fingerprint density at radius 1 is 1.32 bits per heavy atom. The van der Waals surface area contributed by atoms with E-state index < -0.39 is 0 Å². The minimum absolute atomic E-state index is 0.0293. The first-order chi connectivity index (χ1) is 10.6. The molecular formula is C17H23N3O2. The number of rotatable bonds is 3. The predicted octanol–water partition coefficient (Wildman–Crippen LogP) is 1.68. The Balaban J connectivity index is 1.62. The largest absolute Gasteiger partial charge is 0.349 e. The molecule has 0 aliphatic carbocycles. The fourth-order valence-electron chi connectivity index (χ4n) is 3.25. The number of carbonyl (C=O) groups is 2. The summed E-state index contributed by atoms with van der Waals surface area (Å²) in [6, 6.07) is 8.03. The van der Waals surface area contributed by atoms with Crippen LogP contribution in [0.2, 0.25) is 0 Å². The van der Waals surface area contributed by atoms with E-state index in [-0.39, 0.29) is 17.9 Å². The first-order valence-electron chi connectivity index (χ1n) is 8.08. The Morgan fingerprint density at radius 3 is 2.73 bits per heavy atom. The maximum absolute atomic E-state index is 12.3. The van der Waals surface area contributed by atoms with Crippen molar-refractivity contribution in [3.8, 4) is 0 Å². The normalized spacial score (nSPS) is 25.3. The van der Waals surface area contributed by atoms with Gasteiger partial charge in [0.25, 0.3) is 5.91 Å². The summed E-state index contributed by atoms with van der Waals surface area (Å²) in [7, 11) is 0. The van der Waals surface area contributed by atoms with Crippen LogP contribution in [0.15, 0.2) is 24.3 Å². The number of amides is 2. The second kappa shape index (κ2) is 6.48. The van der Waals surface area contributed by atoms with E-state index in [0.29, 0.717) is 18.0 Å². The summed E-state index contributed by atoms with van der Waals surface area (Å²) in [6.07, 6.45) is 3.47. The molecule has 2 saturated heterocycles. The quantitative estimate of drug-likeness (QED) is 0.893. The summed E-state index contributed by atoms with van der Waals surface area (Å²) in [5.74, 6) is 0.138. The van der Waals surface area contributed by atoms with E-state index in [2.05, 4.69) is 17.6 Å². The molecule has 0 spiro atoms. The van der Waals surface area contributed by atoms with Crippen LogP contribution >= 0.6 is 0 Å². The molecular weight excluding hydrogens is 278 g/mol. The molecule has 5 heteroatoms. The van der Waals surface area contributed by atoms with E-state index in [1.807, 2.05) is 12.1 Å². The maximum atomic E-state index is 12.3. The summed E-state index contributed by atoms with van der Waals surface area (Å²) in [5, 5.41) is 6.48. The van der Waals surface area contributed by atoms with Crippen molar-refractivity contribution in [3.63, 3.8) is 0 Å². The second-order valence-electron chi connectivity index (χ2n) is 6.25. The van der Waals surface area contributed by atoms with Crippen molar-refractivity contribution in [3.05, 3.63) is 29.8 Å². The summed E-state index contributed by atoms with van der Waals surface area (Å²) in [4.78, 5) is 25.8. The number of nitrogens with one attached hydrogen (secondary N) is 2. The predicted molar refractivity (Wildman–Crippen MR) is 86.0 cm³/mol. The Hall–Kier alpha value is -1.88. The van der Waals surface area contributed by atoms with Crippen LogP contribution in [0.4, 0.5) is 5.69 Å². The lowest BCUT2D eigenvalue weighted by Gasteiger charge is -2.28. The molecule has 0 saturated carbocycles. The molecule has 2 atom stereocenters. The summed E-state index contributed by atoms with van der Waals surface area (Å²) in [6.45, 7) is 3.86. The van der Waals surface area contributed by atoms with Gasteiger partial charge in [-0.15, -0.1) is 0 Å². The lowest BCUT2D eigenvalue weighted by atomic mass is 10.0. The third-order valence-electron chi connectivity index (χ3n) is 4.47. The molecule has 0 bridgehead atoms. The first-order valence-corrected chi connectivity index (χ1v) is 8.08. The number of benzene rings is 1. The van der Waals surface area contributed by atoms with Crippen molar-refractivity contribution in [2.24, 2.45) is 0 Å². The van der Waals surface area contributed by atoms with Crippen LogP contribution in [-0.4, -0.2) is 37.0 Å². The highest BCUT2D eigenvalue weighted by molar-refractivity contribution is 5.97. The molecule has 0 radical (unpaired) electrons. The number of carbonyl (C=O) groups excluding carboxylic acids is 2. The van der Waals surface area contributed by atoms with Crippen LogP contribution in [0, 0.1) is 0 Å². The number of nitrogens with zero attached hydrogens (tertiary/aromatic N) is 1. The van der Waals surface area contributed by atoms with Crippen LogP contribution in [-0.2, 0) is 4.79 Å². The van der Waals surface area contributed by atoms with Gasteiger partial charge in [0.15, 0.2) is 0 Å². The molecule has 1 aromatic carbocycles. The lowest BCUT2D eigenvalue weighted by molar-refractivity contribution is -0.117. The third kappa shape index (κ3) is 3.30. The van der Waals surface area contributed by atoms with E-state index >= 15 is 0 Å². The third-order valence-corrected chi connectivity index (χ3v) is 4.47. The van der Waals surface area contributed by atoms with Crippen LogP contribution < -0.4 is 15.5 Å². The Labute approximate surface area is 131 Å². The highest BCUT2D eigenvalue weighted by atomic mass is 16.2. The average molecular weight is 301 g/mol. The van der Waals surface area contributed by atoms with E-state index in [9.17, 15) is 9.59 Å². The molecule has 0 aromatic heterocycles. The van der Waals surface area contributed by atoms with E-state index in [4.69, 9.17) is 0 Å². The van der Waals surface area contributed by atoms with Gasteiger partial charge in [-0.25, -0.2) is 0 Å². The van der Waals surface area contributed by atoms with Crippen molar-refractivity contribution in [2.75, 3.05) is 18.0 Å². The van der Waals surface area contributed by atoms with Crippen molar-refractivity contribution in [2.45, 2.75) is 44.7 Å². The van der Waals surface area contributed by atoms with Gasteiger partial charge in [-0.2, -0.15) is 0 Å². The molecule has 2 aliphatic heterocycles. The second-order valence-corrected chi connectivity index (χ2v) is 6.25. The molecule has 2 aliphatic rings. The van der Waals surface area contributed by atoms with Crippen LogP contribution in [0.5, 0.6) is 0 Å². The highest BCUT2D eigenvalue weighted by Crippen LogP contribution is 2.21. The SMILES string of the molecule is CC1CC(NC(=O)c2ccc(N3CCCC3=O)cc2)CCN1. The molecule has 3 rings (SSSR count). The molecule has 2 fully saturated rings.